The highest BCUT2D eigenvalue weighted by Crippen LogP contribution is 2.31. The predicted molar refractivity (Wildman–Crippen MR) is 74.2 cm³/mol. The Balaban J connectivity index is 2.28. The van der Waals surface area contributed by atoms with E-state index < -0.39 is 0 Å². The zero-order valence-electron chi connectivity index (χ0n) is 11.5. The van der Waals surface area contributed by atoms with Crippen LogP contribution in [0.5, 0.6) is 0 Å². The van der Waals surface area contributed by atoms with E-state index >= 15 is 0 Å². The first-order valence-electron chi connectivity index (χ1n) is 6.79. The molecule has 0 radical (unpaired) electrons. The molecular weight excluding hydrogens is 227 g/mol. The van der Waals surface area contributed by atoms with Gasteiger partial charge in [0.15, 0.2) is 0 Å². The van der Waals surface area contributed by atoms with Crippen LogP contribution in [0.25, 0.3) is 0 Å². The first-order chi connectivity index (χ1) is 8.49. The van der Waals surface area contributed by atoms with Crippen LogP contribution in [0.4, 0.5) is 10.1 Å². The SMILES string of the molecule is CC1CCN(c2ccc(F)cc2[C@H](C)N)CC1C. The van der Waals surface area contributed by atoms with Crippen molar-refractivity contribution in [2.24, 2.45) is 17.6 Å². The summed E-state index contributed by atoms with van der Waals surface area (Å²) in [6.07, 6.45) is 1.19. The summed E-state index contributed by atoms with van der Waals surface area (Å²) in [4.78, 5) is 2.35. The second kappa shape index (κ2) is 5.27. The molecule has 0 bridgehead atoms. The van der Waals surface area contributed by atoms with Gasteiger partial charge in [-0.1, -0.05) is 13.8 Å². The van der Waals surface area contributed by atoms with Crippen molar-refractivity contribution < 1.29 is 4.39 Å². The number of nitrogens with zero attached hydrogens (tertiary/aromatic N) is 1. The Bertz CT molecular complexity index is 417. The molecule has 1 fully saturated rings. The average Bonchev–Trinajstić information content (AvgIpc) is 2.32. The van der Waals surface area contributed by atoms with Crippen molar-refractivity contribution in [3.63, 3.8) is 0 Å². The van der Waals surface area contributed by atoms with Crippen molar-refractivity contribution in [2.75, 3.05) is 18.0 Å². The summed E-state index contributed by atoms with van der Waals surface area (Å²) >= 11 is 0. The van der Waals surface area contributed by atoms with Gasteiger partial charge in [-0.15, -0.1) is 0 Å². The van der Waals surface area contributed by atoms with Crippen molar-refractivity contribution in [3.05, 3.63) is 29.6 Å². The van der Waals surface area contributed by atoms with Gasteiger partial charge >= 0.3 is 0 Å². The highest BCUT2D eigenvalue weighted by molar-refractivity contribution is 5.55. The van der Waals surface area contributed by atoms with Crippen LogP contribution < -0.4 is 10.6 Å². The lowest BCUT2D eigenvalue weighted by Gasteiger charge is -2.38. The molecule has 2 N–H and O–H groups in total. The Morgan fingerprint density at radius 1 is 1.33 bits per heavy atom. The van der Waals surface area contributed by atoms with Gasteiger partial charge in [-0.3, -0.25) is 0 Å². The first kappa shape index (κ1) is 13.3. The third kappa shape index (κ3) is 2.66. The lowest BCUT2D eigenvalue weighted by atomic mass is 9.88. The second-order valence-electron chi connectivity index (χ2n) is 5.68. The van der Waals surface area contributed by atoms with Gasteiger partial charge in [0.2, 0.25) is 0 Å². The molecule has 0 saturated carbocycles. The molecule has 1 heterocycles. The number of rotatable bonds is 2. The summed E-state index contributed by atoms with van der Waals surface area (Å²) in [7, 11) is 0. The van der Waals surface area contributed by atoms with E-state index in [2.05, 4.69) is 18.7 Å². The molecule has 2 nitrogen and oxygen atoms in total. The van der Waals surface area contributed by atoms with Gasteiger partial charge in [0.25, 0.3) is 0 Å². The van der Waals surface area contributed by atoms with Crippen molar-refractivity contribution in [2.45, 2.75) is 33.2 Å². The van der Waals surface area contributed by atoms with E-state index in [9.17, 15) is 4.39 Å². The van der Waals surface area contributed by atoms with Crippen molar-refractivity contribution >= 4 is 5.69 Å². The molecule has 1 aromatic carbocycles. The number of hydrogen-bond acceptors (Lipinski definition) is 2. The predicted octanol–water partition coefficient (Wildman–Crippen LogP) is 3.33. The Morgan fingerprint density at radius 2 is 2.06 bits per heavy atom. The Labute approximate surface area is 109 Å². The quantitative estimate of drug-likeness (QED) is 0.872. The number of hydrogen-bond donors (Lipinski definition) is 1. The summed E-state index contributed by atoms with van der Waals surface area (Å²) in [6, 6.07) is 4.84. The van der Waals surface area contributed by atoms with Crippen LogP contribution in [0.3, 0.4) is 0 Å². The Hall–Kier alpha value is -1.09. The van der Waals surface area contributed by atoms with Crippen LogP contribution in [0, 0.1) is 17.7 Å². The molecule has 2 unspecified atom stereocenters. The maximum atomic E-state index is 13.3. The summed E-state index contributed by atoms with van der Waals surface area (Å²) in [6.45, 7) is 8.57. The lowest BCUT2D eigenvalue weighted by Crippen LogP contribution is -2.39. The highest BCUT2D eigenvalue weighted by atomic mass is 19.1. The fraction of sp³-hybridized carbons (Fsp3) is 0.600. The molecule has 3 heteroatoms. The van der Waals surface area contributed by atoms with Crippen molar-refractivity contribution in [1.82, 2.24) is 0 Å². The molecule has 2 rings (SSSR count). The first-order valence-corrected chi connectivity index (χ1v) is 6.79. The molecule has 100 valence electrons. The average molecular weight is 250 g/mol. The van der Waals surface area contributed by atoms with Crippen LogP contribution in [-0.4, -0.2) is 13.1 Å². The summed E-state index contributed by atoms with van der Waals surface area (Å²) in [5, 5.41) is 0. The van der Waals surface area contributed by atoms with Crippen molar-refractivity contribution in [3.8, 4) is 0 Å². The molecule has 0 spiro atoms. The molecule has 1 aliphatic rings. The smallest absolute Gasteiger partial charge is 0.123 e. The highest BCUT2D eigenvalue weighted by Gasteiger charge is 2.24. The van der Waals surface area contributed by atoms with E-state index in [1.165, 1.54) is 12.5 Å². The third-order valence-corrected chi connectivity index (χ3v) is 4.15. The van der Waals surface area contributed by atoms with Gasteiger partial charge in [0.1, 0.15) is 5.82 Å². The van der Waals surface area contributed by atoms with Gasteiger partial charge < -0.3 is 10.6 Å². The van der Waals surface area contributed by atoms with Gasteiger partial charge in [-0.2, -0.15) is 0 Å². The standard InChI is InChI=1S/C15H23FN2/c1-10-6-7-18(9-11(10)2)15-5-4-13(16)8-14(15)12(3)17/h4-5,8,10-12H,6-7,9,17H2,1-3H3/t10?,11?,12-/m0/s1. The van der Waals surface area contributed by atoms with Gasteiger partial charge in [-0.25, -0.2) is 4.39 Å². The van der Waals surface area contributed by atoms with Gasteiger partial charge in [0, 0.05) is 24.8 Å². The molecule has 1 aliphatic heterocycles. The Kier molecular flexibility index (Phi) is 3.91. The second-order valence-corrected chi connectivity index (χ2v) is 5.68. The zero-order valence-corrected chi connectivity index (χ0v) is 11.5. The summed E-state index contributed by atoms with van der Waals surface area (Å²) in [5.74, 6) is 1.23. The monoisotopic (exact) mass is 250 g/mol. The van der Waals surface area contributed by atoms with Crippen LogP contribution in [0.1, 0.15) is 38.8 Å². The largest absolute Gasteiger partial charge is 0.371 e. The van der Waals surface area contributed by atoms with E-state index in [0.717, 1.165) is 30.3 Å². The third-order valence-electron chi connectivity index (χ3n) is 4.15. The van der Waals surface area contributed by atoms with Crippen LogP contribution in [0.2, 0.25) is 0 Å². The van der Waals surface area contributed by atoms with Crippen LogP contribution in [-0.2, 0) is 0 Å². The molecular formula is C15H23FN2. The number of halogens is 1. The summed E-state index contributed by atoms with van der Waals surface area (Å²) < 4.78 is 13.3. The van der Waals surface area contributed by atoms with Crippen LogP contribution >= 0.6 is 0 Å². The minimum atomic E-state index is -0.204. The van der Waals surface area contributed by atoms with Gasteiger partial charge in [0.05, 0.1) is 0 Å². The van der Waals surface area contributed by atoms with E-state index in [0.29, 0.717) is 5.92 Å². The number of anilines is 1. The van der Waals surface area contributed by atoms with E-state index in [4.69, 9.17) is 5.73 Å². The topological polar surface area (TPSA) is 29.3 Å². The molecule has 0 aliphatic carbocycles. The lowest BCUT2D eigenvalue weighted by molar-refractivity contribution is 0.323. The van der Waals surface area contributed by atoms with Crippen molar-refractivity contribution in [1.29, 1.82) is 0 Å². The van der Waals surface area contributed by atoms with Crippen LogP contribution in [0.15, 0.2) is 18.2 Å². The Morgan fingerprint density at radius 3 is 2.67 bits per heavy atom. The normalized spacial score (nSPS) is 26.2. The number of nitrogens with two attached hydrogens (primary N) is 1. The fourth-order valence-corrected chi connectivity index (χ4v) is 2.66. The fourth-order valence-electron chi connectivity index (χ4n) is 2.66. The zero-order chi connectivity index (χ0) is 13.3. The molecule has 0 amide bonds. The van der Waals surface area contributed by atoms with Gasteiger partial charge in [-0.05, 0) is 48.9 Å². The molecule has 0 aromatic heterocycles. The maximum Gasteiger partial charge on any atom is 0.123 e. The number of benzene rings is 1. The molecule has 1 aromatic rings. The molecule has 1 saturated heterocycles. The van der Waals surface area contributed by atoms with E-state index in [-0.39, 0.29) is 11.9 Å². The van der Waals surface area contributed by atoms with E-state index in [1.54, 1.807) is 6.07 Å². The summed E-state index contributed by atoms with van der Waals surface area (Å²) in [5.41, 5.74) is 7.97. The van der Waals surface area contributed by atoms with E-state index in [1.807, 2.05) is 13.0 Å². The molecule has 18 heavy (non-hydrogen) atoms. The minimum absolute atomic E-state index is 0.134. The number of piperidine rings is 1. The maximum absolute atomic E-state index is 13.3. The molecule has 3 atom stereocenters. The minimum Gasteiger partial charge on any atom is -0.371 e.